The van der Waals surface area contributed by atoms with E-state index in [1.807, 2.05) is 12.1 Å². The van der Waals surface area contributed by atoms with E-state index in [1.54, 1.807) is 45.0 Å². The van der Waals surface area contributed by atoms with Crippen LogP contribution < -0.4 is 0 Å². The molecular weight excluding hydrogens is 224 g/mol. The van der Waals surface area contributed by atoms with Gasteiger partial charge in [-0.25, -0.2) is 0 Å². The summed E-state index contributed by atoms with van der Waals surface area (Å²) < 4.78 is 0. The van der Waals surface area contributed by atoms with Gasteiger partial charge in [-0.3, -0.25) is 4.79 Å². The third-order valence-corrected chi connectivity index (χ3v) is 2.37. The van der Waals surface area contributed by atoms with Gasteiger partial charge in [-0.2, -0.15) is 10.5 Å². The molecule has 3 heteroatoms. The summed E-state index contributed by atoms with van der Waals surface area (Å²) >= 11 is 0. The van der Waals surface area contributed by atoms with Crippen LogP contribution in [-0.2, 0) is 4.79 Å². The van der Waals surface area contributed by atoms with Crippen molar-refractivity contribution in [2.45, 2.75) is 20.8 Å². The first-order valence-corrected chi connectivity index (χ1v) is 5.55. The van der Waals surface area contributed by atoms with Crippen molar-refractivity contribution in [3.05, 3.63) is 41.0 Å². The highest BCUT2D eigenvalue weighted by atomic mass is 16.1. The number of carbonyl (C=O) groups is 1. The Morgan fingerprint density at radius 3 is 2.44 bits per heavy atom. The highest BCUT2D eigenvalue weighted by molar-refractivity contribution is 6.06. The molecule has 0 heterocycles. The third-order valence-electron chi connectivity index (χ3n) is 2.37. The molecular formula is C15H14N2O. The monoisotopic (exact) mass is 238 g/mol. The molecule has 0 radical (unpaired) electrons. The molecule has 0 aliphatic heterocycles. The van der Waals surface area contributed by atoms with Gasteiger partial charge in [-0.05, 0) is 23.8 Å². The van der Waals surface area contributed by atoms with E-state index >= 15 is 0 Å². The van der Waals surface area contributed by atoms with Crippen LogP contribution in [0.5, 0.6) is 0 Å². The first-order chi connectivity index (χ1) is 8.38. The lowest BCUT2D eigenvalue weighted by Gasteiger charge is -2.15. The van der Waals surface area contributed by atoms with Crippen molar-refractivity contribution in [2.24, 2.45) is 5.41 Å². The third kappa shape index (κ3) is 3.30. The molecule has 0 aliphatic carbocycles. The Hall–Kier alpha value is -2.39. The van der Waals surface area contributed by atoms with Crippen LogP contribution in [0.15, 0.2) is 29.8 Å². The zero-order chi connectivity index (χ0) is 13.8. The van der Waals surface area contributed by atoms with Crippen molar-refractivity contribution in [3.63, 3.8) is 0 Å². The topological polar surface area (TPSA) is 64.7 Å². The zero-order valence-electron chi connectivity index (χ0n) is 10.7. The lowest BCUT2D eigenvalue weighted by Crippen LogP contribution is -2.21. The maximum absolute atomic E-state index is 12.0. The van der Waals surface area contributed by atoms with E-state index in [2.05, 4.69) is 0 Å². The average molecular weight is 238 g/mol. The number of hydrogen-bond acceptors (Lipinski definition) is 3. The highest BCUT2D eigenvalue weighted by Gasteiger charge is 2.24. The van der Waals surface area contributed by atoms with Crippen LogP contribution in [0.4, 0.5) is 0 Å². The van der Waals surface area contributed by atoms with Crippen molar-refractivity contribution in [1.29, 1.82) is 10.5 Å². The predicted octanol–water partition coefficient (Wildman–Crippen LogP) is 3.08. The molecule has 0 saturated carbocycles. The van der Waals surface area contributed by atoms with Crippen LogP contribution in [0.2, 0.25) is 0 Å². The Balaban J connectivity index is 3.18. The van der Waals surface area contributed by atoms with E-state index in [9.17, 15) is 4.79 Å². The molecule has 1 aromatic carbocycles. The van der Waals surface area contributed by atoms with Crippen LogP contribution >= 0.6 is 0 Å². The van der Waals surface area contributed by atoms with Gasteiger partial charge >= 0.3 is 0 Å². The summed E-state index contributed by atoms with van der Waals surface area (Å²) in [6.07, 6.45) is 1.52. The fourth-order valence-electron chi connectivity index (χ4n) is 1.42. The summed E-state index contributed by atoms with van der Waals surface area (Å²) in [6.45, 7) is 5.31. The maximum Gasteiger partial charge on any atom is 0.178 e. The van der Waals surface area contributed by atoms with Crippen LogP contribution in [0, 0.1) is 28.1 Å². The number of hydrogen-bond donors (Lipinski definition) is 0. The predicted molar refractivity (Wildman–Crippen MR) is 69.2 cm³/mol. The van der Waals surface area contributed by atoms with Crippen LogP contribution in [0.1, 0.15) is 31.9 Å². The molecule has 3 nitrogen and oxygen atoms in total. The maximum atomic E-state index is 12.0. The minimum absolute atomic E-state index is 0.109. The number of benzene rings is 1. The van der Waals surface area contributed by atoms with Crippen molar-refractivity contribution < 1.29 is 4.79 Å². The summed E-state index contributed by atoms with van der Waals surface area (Å²) in [4.78, 5) is 12.0. The van der Waals surface area contributed by atoms with Crippen molar-refractivity contribution >= 4 is 11.9 Å². The highest BCUT2D eigenvalue weighted by Crippen LogP contribution is 2.21. The van der Waals surface area contributed by atoms with Crippen molar-refractivity contribution in [2.75, 3.05) is 0 Å². The number of Topliss-reactive ketones (excluding diaryl/α,β-unsaturated/α-hetero) is 1. The molecule has 0 aromatic heterocycles. The second kappa shape index (κ2) is 5.29. The van der Waals surface area contributed by atoms with Crippen LogP contribution in [0.25, 0.3) is 6.08 Å². The molecule has 0 amide bonds. The Morgan fingerprint density at radius 1 is 1.28 bits per heavy atom. The largest absolute Gasteiger partial charge is 0.293 e. The lowest BCUT2D eigenvalue weighted by atomic mass is 9.86. The Morgan fingerprint density at radius 2 is 1.94 bits per heavy atom. The number of ketones is 1. The molecule has 90 valence electrons. The molecule has 0 fully saturated rings. The Kier molecular flexibility index (Phi) is 4.02. The normalized spacial score (nSPS) is 11.5. The number of nitriles is 2. The molecule has 18 heavy (non-hydrogen) atoms. The fourth-order valence-corrected chi connectivity index (χ4v) is 1.42. The molecule has 0 bridgehead atoms. The second-order valence-electron chi connectivity index (χ2n) is 4.99. The number of carbonyl (C=O) groups excluding carboxylic acids is 1. The Labute approximate surface area is 107 Å². The second-order valence-corrected chi connectivity index (χ2v) is 4.99. The zero-order valence-corrected chi connectivity index (χ0v) is 10.7. The van der Waals surface area contributed by atoms with Gasteiger partial charge in [0.2, 0.25) is 0 Å². The van der Waals surface area contributed by atoms with Crippen molar-refractivity contribution in [3.8, 4) is 12.1 Å². The lowest BCUT2D eigenvalue weighted by molar-refractivity contribution is -0.121. The molecule has 0 spiro atoms. The quantitative estimate of drug-likeness (QED) is 0.587. The van der Waals surface area contributed by atoms with E-state index in [0.717, 1.165) is 0 Å². The SMILES string of the molecule is CC(C)(C)C(=O)/C(C#N)=C/c1cccc(C#N)c1. The van der Waals surface area contributed by atoms with Crippen molar-refractivity contribution in [1.82, 2.24) is 0 Å². The fraction of sp³-hybridized carbons (Fsp3) is 0.267. The van der Waals surface area contributed by atoms with Gasteiger partial charge in [0.15, 0.2) is 5.78 Å². The molecule has 0 saturated heterocycles. The average Bonchev–Trinajstić information content (AvgIpc) is 2.34. The minimum atomic E-state index is -0.589. The van der Waals surface area contributed by atoms with E-state index in [4.69, 9.17) is 10.5 Å². The van der Waals surface area contributed by atoms with E-state index in [-0.39, 0.29) is 11.4 Å². The molecule has 0 unspecified atom stereocenters. The molecule has 0 atom stereocenters. The number of rotatable bonds is 2. The molecule has 0 N–H and O–H groups in total. The molecule has 1 rings (SSSR count). The van der Waals surface area contributed by atoms with Gasteiger partial charge in [0.05, 0.1) is 17.2 Å². The van der Waals surface area contributed by atoms with Gasteiger partial charge in [0, 0.05) is 5.41 Å². The van der Waals surface area contributed by atoms with E-state index < -0.39 is 5.41 Å². The number of allylic oxidation sites excluding steroid dienone is 1. The summed E-state index contributed by atoms with van der Waals surface area (Å²) in [7, 11) is 0. The van der Waals surface area contributed by atoms with E-state index in [1.165, 1.54) is 6.08 Å². The van der Waals surface area contributed by atoms with Gasteiger partial charge in [0.25, 0.3) is 0 Å². The van der Waals surface area contributed by atoms with Crippen LogP contribution in [0.3, 0.4) is 0 Å². The van der Waals surface area contributed by atoms with E-state index in [0.29, 0.717) is 11.1 Å². The standard InChI is InChI=1S/C15H14N2O/c1-15(2,3)14(18)13(10-17)8-11-5-4-6-12(7-11)9-16/h4-8H,1-3H3/b13-8+. The van der Waals surface area contributed by atoms with Gasteiger partial charge in [-0.15, -0.1) is 0 Å². The summed E-state index contributed by atoms with van der Waals surface area (Å²) in [6, 6.07) is 10.7. The first-order valence-electron chi connectivity index (χ1n) is 5.55. The van der Waals surface area contributed by atoms with Crippen LogP contribution in [-0.4, -0.2) is 5.78 Å². The number of nitrogens with zero attached hydrogens (tertiary/aromatic N) is 2. The first kappa shape index (κ1) is 13.7. The summed E-state index contributed by atoms with van der Waals surface area (Å²) in [5.41, 5.74) is 0.707. The Bertz CT molecular complexity index is 578. The summed E-state index contributed by atoms with van der Waals surface area (Å²) in [5.74, 6) is -0.202. The minimum Gasteiger partial charge on any atom is -0.293 e. The van der Waals surface area contributed by atoms with Gasteiger partial charge in [-0.1, -0.05) is 32.9 Å². The van der Waals surface area contributed by atoms with Gasteiger partial charge < -0.3 is 0 Å². The molecule has 0 aliphatic rings. The van der Waals surface area contributed by atoms with Gasteiger partial charge in [0.1, 0.15) is 6.07 Å². The summed E-state index contributed by atoms with van der Waals surface area (Å²) in [5, 5.41) is 17.8. The molecule has 1 aromatic rings. The smallest absolute Gasteiger partial charge is 0.178 e.